The number of amidine groups is 1. The summed E-state index contributed by atoms with van der Waals surface area (Å²) >= 11 is 0. The third-order valence-electron chi connectivity index (χ3n) is 6.42. The standard InChI is InChI=1S/C22H28F2N6O2S/c1-13-10-14(23)11-26-17(13)19(31)29-16-7-6-15(24)18(28-16)21(2)12-33(32)22(3,20(25)30-21)8-4-5-9-27-33/h6-7,10-11,27,32H,4-5,8-9,12H2,1-3H3,(H2,25,30)(H,28,29,31). The number of carbonyl (C=O) groups is 1. The molecule has 1 saturated heterocycles. The van der Waals surface area contributed by atoms with Gasteiger partial charge >= 0.3 is 0 Å². The van der Waals surface area contributed by atoms with Gasteiger partial charge in [0, 0.05) is 12.3 Å². The first-order valence-corrected chi connectivity index (χ1v) is 12.5. The molecule has 0 saturated carbocycles. The smallest absolute Gasteiger partial charge is 0.275 e. The Bertz CT molecular complexity index is 1150. The summed E-state index contributed by atoms with van der Waals surface area (Å²) in [6.45, 7) is 5.79. The summed E-state index contributed by atoms with van der Waals surface area (Å²) in [7, 11) is -2.47. The molecular formula is C22H28F2N6O2S. The molecule has 8 nitrogen and oxygen atoms in total. The first-order valence-electron chi connectivity index (χ1n) is 10.7. The Morgan fingerprint density at radius 1 is 1.30 bits per heavy atom. The molecule has 0 radical (unpaired) electrons. The zero-order chi connectivity index (χ0) is 24.0. The minimum Gasteiger partial charge on any atom is -0.386 e. The summed E-state index contributed by atoms with van der Waals surface area (Å²) in [5, 5.41) is 2.58. The summed E-state index contributed by atoms with van der Waals surface area (Å²) in [6.07, 6.45) is 3.44. The van der Waals surface area contributed by atoms with Crippen LogP contribution >= 0.6 is 10.5 Å². The van der Waals surface area contributed by atoms with Crippen molar-refractivity contribution >= 4 is 28.1 Å². The highest BCUT2D eigenvalue weighted by Gasteiger charge is 2.55. The van der Waals surface area contributed by atoms with E-state index in [0.29, 0.717) is 18.5 Å². The van der Waals surface area contributed by atoms with Crippen molar-refractivity contribution in [2.75, 3.05) is 17.6 Å². The van der Waals surface area contributed by atoms with Crippen LogP contribution in [0.25, 0.3) is 0 Å². The minimum atomic E-state index is -2.47. The van der Waals surface area contributed by atoms with Crippen molar-refractivity contribution in [3.63, 3.8) is 0 Å². The van der Waals surface area contributed by atoms with Gasteiger partial charge in [-0.1, -0.05) is 16.9 Å². The van der Waals surface area contributed by atoms with Crippen LogP contribution in [0.15, 0.2) is 29.4 Å². The molecule has 2 aromatic rings. The average molecular weight is 479 g/mol. The summed E-state index contributed by atoms with van der Waals surface area (Å²) < 4.78 is 42.5. The van der Waals surface area contributed by atoms with E-state index in [-0.39, 0.29) is 28.8 Å². The summed E-state index contributed by atoms with van der Waals surface area (Å²) in [5.41, 5.74) is 5.51. The van der Waals surface area contributed by atoms with Crippen molar-refractivity contribution in [1.82, 2.24) is 14.7 Å². The lowest BCUT2D eigenvalue weighted by Gasteiger charge is -2.54. The Morgan fingerprint density at radius 3 is 2.79 bits per heavy atom. The number of aliphatic imine (C=N–C) groups is 1. The predicted octanol–water partition coefficient (Wildman–Crippen LogP) is 3.63. The predicted molar refractivity (Wildman–Crippen MR) is 125 cm³/mol. The van der Waals surface area contributed by atoms with Gasteiger partial charge in [0.1, 0.15) is 40.2 Å². The number of carbonyl (C=O) groups excluding carboxylic acids is 1. The van der Waals surface area contributed by atoms with Crippen LogP contribution in [0.4, 0.5) is 14.6 Å². The van der Waals surface area contributed by atoms with Crippen LogP contribution in [0.2, 0.25) is 0 Å². The molecule has 3 atom stereocenters. The maximum atomic E-state index is 15.0. The van der Waals surface area contributed by atoms with Crippen LogP contribution in [0, 0.1) is 18.6 Å². The third kappa shape index (κ3) is 4.09. The highest BCUT2D eigenvalue weighted by atomic mass is 32.3. The van der Waals surface area contributed by atoms with Crippen molar-refractivity contribution in [3.05, 3.63) is 53.0 Å². The van der Waals surface area contributed by atoms with Gasteiger partial charge in [0.15, 0.2) is 0 Å². The van der Waals surface area contributed by atoms with E-state index in [2.05, 4.69) is 25.0 Å². The zero-order valence-electron chi connectivity index (χ0n) is 18.8. The Kier molecular flexibility index (Phi) is 5.92. The van der Waals surface area contributed by atoms with E-state index >= 15 is 0 Å². The number of fused-ring (bicyclic) bond motifs is 1. The number of nitrogens with zero attached hydrogens (tertiary/aromatic N) is 3. The van der Waals surface area contributed by atoms with Gasteiger partial charge in [-0.25, -0.2) is 18.7 Å². The Morgan fingerprint density at radius 2 is 2.06 bits per heavy atom. The molecule has 4 heterocycles. The third-order valence-corrected chi connectivity index (χ3v) is 9.99. The van der Waals surface area contributed by atoms with Crippen LogP contribution < -0.4 is 15.8 Å². The van der Waals surface area contributed by atoms with E-state index in [0.717, 1.165) is 19.0 Å². The minimum absolute atomic E-state index is 0.0268. The molecule has 11 heteroatoms. The highest BCUT2D eigenvalue weighted by molar-refractivity contribution is 8.29. The number of hydrogen-bond donors (Lipinski definition) is 4. The van der Waals surface area contributed by atoms with E-state index in [1.54, 1.807) is 13.8 Å². The molecule has 2 aromatic heterocycles. The van der Waals surface area contributed by atoms with E-state index in [1.165, 1.54) is 18.2 Å². The number of nitrogens with two attached hydrogens (primary N) is 1. The Balaban J connectivity index is 1.69. The van der Waals surface area contributed by atoms with Crippen LogP contribution in [-0.2, 0) is 5.54 Å². The quantitative estimate of drug-likeness (QED) is 0.534. The summed E-state index contributed by atoms with van der Waals surface area (Å²) in [5.74, 6) is -1.28. The van der Waals surface area contributed by atoms with Crippen LogP contribution in [-0.4, -0.2) is 43.3 Å². The lowest BCUT2D eigenvalue weighted by molar-refractivity contribution is 0.102. The molecule has 0 spiro atoms. The van der Waals surface area contributed by atoms with Gasteiger partial charge in [0.2, 0.25) is 0 Å². The number of anilines is 1. The van der Waals surface area contributed by atoms with Gasteiger partial charge in [0.25, 0.3) is 5.91 Å². The summed E-state index contributed by atoms with van der Waals surface area (Å²) in [4.78, 5) is 25.4. The van der Waals surface area contributed by atoms with Crippen LogP contribution in [0.5, 0.6) is 0 Å². The van der Waals surface area contributed by atoms with Crippen LogP contribution in [0.1, 0.15) is 54.9 Å². The maximum absolute atomic E-state index is 15.0. The molecule has 2 aliphatic heterocycles. The molecule has 2 aliphatic rings. The normalized spacial score (nSPS) is 31.5. The first kappa shape index (κ1) is 23.5. The number of amides is 1. The number of rotatable bonds is 3. The fourth-order valence-corrected chi connectivity index (χ4v) is 7.57. The second-order valence-corrected chi connectivity index (χ2v) is 11.9. The first-order chi connectivity index (χ1) is 15.5. The highest BCUT2D eigenvalue weighted by Crippen LogP contribution is 2.61. The number of nitrogens with one attached hydrogen (secondary N) is 2. The van der Waals surface area contributed by atoms with Crippen molar-refractivity contribution in [2.45, 2.75) is 50.3 Å². The van der Waals surface area contributed by atoms with Crippen molar-refractivity contribution < 1.29 is 18.1 Å². The second-order valence-electron chi connectivity index (χ2n) is 9.00. The number of hydrogen-bond acceptors (Lipinski definition) is 7. The molecule has 3 unspecified atom stereocenters. The molecule has 4 rings (SSSR count). The number of pyridine rings is 2. The van der Waals surface area contributed by atoms with Crippen LogP contribution in [0.3, 0.4) is 0 Å². The number of aryl methyl sites for hydroxylation is 1. The monoisotopic (exact) mass is 478 g/mol. The van der Waals surface area contributed by atoms with E-state index in [1.807, 2.05) is 6.92 Å². The van der Waals surface area contributed by atoms with Crippen molar-refractivity contribution in [2.24, 2.45) is 10.7 Å². The average Bonchev–Trinajstić information content (AvgIpc) is 2.88. The van der Waals surface area contributed by atoms with Gasteiger partial charge in [0.05, 0.1) is 10.9 Å². The topological polar surface area (TPSA) is 126 Å². The zero-order valence-corrected chi connectivity index (χ0v) is 19.6. The van der Waals surface area contributed by atoms with Crippen molar-refractivity contribution in [1.29, 1.82) is 0 Å². The SMILES string of the molecule is Cc1cc(F)cnc1C(=O)Nc1ccc(F)c(C2(C)CS3(O)NCCCCC3(C)C(N)=N2)n1. The molecule has 0 aliphatic carbocycles. The summed E-state index contributed by atoms with van der Waals surface area (Å²) in [6, 6.07) is 3.71. The molecule has 1 amide bonds. The molecule has 178 valence electrons. The number of halogens is 2. The molecule has 33 heavy (non-hydrogen) atoms. The van der Waals surface area contributed by atoms with Gasteiger partial charge in [-0.3, -0.25) is 14.5 Å². The molecular weight excluding hydrogens is 450 g/mol. The molecule has 0 bridgehead atoms. The fourth-order valence-electron chi connectivity index (χ4n) is 4.46. The molecule has 1 fully saturated rings. The van der Waals surface area contributed by atoms with Gasteiger partial charge in [-0.15, -0.1) is 0 Å². The molecule has 5 N–H and O–H groups in total. The largest absolute Gasteiger partial charge is 0.386 e. The second kappa shape index (κ2) is 8.30. The van der Waals surface area contributed by atoms with E-state index in [4.69, 9.17) is 5.73 Å². The molecule has 0 aromatic carbocycles. The number of aromatic nitrogens is 2. The Labute approximate surface area is 192 Å². The van der Waals surface area contributed by atoms with Gasteiger partial charge in [-0.2, -0.15) is 0 Å². The fraction of sp³-hybridized carbons (Fsp3) is 0.455. The van der Waals surface area contributed by atoms with Gasteiger partial charge < -0.3 is 15.6 Å². The lowest BCUT2D eigenvalue weighted by Crippen LogP contribution is -2.57. The van der Waals surface area contributed by atoms with Crippen molar-refractivity contribution in [3.8, 4) is 0 Å². The Hall–Kier alpha value is -2.63. The lowest BCUT2D eigenvalue weighted by atomic mass is 9.96. The van der Waals surface area contributed by atoms with E-state index < -0.39 is 38.3 Å². The van der Waals surface area contributed by atoms with Gasteiger partial charge in [-0.05, 0) is 57.4 Å². The maximum Gasteiger partial charge on any atom is 0.275 e. The van der Waals surface area contributed by atoms with E-state index in [9.17, 15) is 18.1 Å².